The van der Waals surface area contributed by atoms with Crippen LogP contribution in [0.4, 0.5) is 10.1 Å². The average Bonchev–Trinajstić information content (AvgIpc) is 2.22. The molecule has 1 fully saturated rings. The number of amides is 1. The van der Waals surface area contributed by atoms with E-state index in [1.165, 1.54) is 23.1 Å². The standard InChI is InChI=1S/C11H11ClFNO2/c12-9-5-7(1-2-10(9)13)14-4-3-8(15)6-11(14)16/h1-2,5,8,15H,3-4,6H2. The van der Waals surface area contributed by atoms with Gasteiger partial charge >= 0.3 is 0 Å². The molecule has 2 rings (SSSR count). The van der Waals surface area contributed by atoms with Gasteiger partial charge in [-0.15, -0.1) is 0 Å². The molecule has 5 heteroatoms. The SMILES string of the molecule is O=C1CC(O)CCN1c1ccc(F)c(Cl)c1. The number of carbonyl (C=O) groups excluding carboxylic acids is 1. The minimum atomic E-state index is -0.570. The molecule has 1 saturated heterocycles. The normalized spacial score (nSPS) is 21.3. The average molecular weight is 244 g/mol. The highest BCUT2D eigenvalue weighted by Crippen LogP contribution is 2.25. The molecule has 0 bridgehead atoms. The number of halogens is 2. The minimum absolute atomic E-state index is 0.00331. The molecule has 1 aliphatic rings. The fourth-order valence-electron chi connectivity index (χ4n) is 1.74. The highest BCUT2D eigenvalue weighted by molar-refractivity contribution is 6.31. The number of anilines is 1. The van der Waals surface area contributed by atoms with Crippen LogP contribution >= 0.6 is 11.6 Å². The van der Waals surface area contributed by atoms with E-state index in [1.807, 2.05) is 0 Å². The lowest BCUT2D eigenvalue weighted by atomic mass is 10.1. The van der Waals surface area contributed by atoms with E-state index in [-0.39, 0.29) is 17.4 Å². The van der Waals surface area contributed by atoms with Crippen LogP contribution in [0, 0.1) is 5.82 Å². The van der Waals surface area contributed by atoms with E-state index in [9.17, 15) is 14.3 Å². The third-order valence-corrected chi connectivity index (χ3v) is 2.90. The molecule has 1 aromatic rings. The molecule has 0 radical (unpaired) electrons. The molecule has 1 atom stereocenters. The van der Waals surface area contributed by atoms with Crippen molar-refractivity contribution in [2.75, 3.05) is 11.4 Å². The molecule has 0 spiro atoms. The predicted octanol–water partition coefficient (Wildman–Crippen LogP) is 1.97. The Morgan fingerprint density at radius 2 is 2.25 bits per heavy atom. The molecule has 0 saturated carbocycles. The van der Waals surface area contributed by atoms with Crippen LogP contribution in [0.2, 0.25) is 5.02 Å². The van der Waals surface area contributed by atoms with Crippen LogP contribution in [0.15, 0.2) is 18.2 Å². The van der Waals surface area contributed by atoms with Gasteiger partial charge in [0.15, 0.2) is 0 Å². The van der Waals surface area contributed by atoms with Crippen molar-refractivity contribution >= 4 is 23.2 Å². The van der Waals surface area contributed by atoms with Crippen molar-refractivity contribution in [2.45, 2.75) is 18.9 Å². The smallest absolute Gasteiger partial charge is 0.229 e. The number of carbonyl (C=O) groups is 1. The first-order valence-electron chi connectivity index (χ1n) is 5.01. The molecule has 0 aliphatic carbocycles. The Morgan fingerprint density at radius 3 is 2.88 bits per heavy atom. The molecule has 1 aromatic carbocycles. The van der Waals surface area contributed by atoms with Crippen molar-refractivity contribution in [3.8, 4) is 0 Å². The van der Waals surface area contributed by atoms with Gasteiger partial charge in [-0.3, -0.25) is 4.79 Å². The van der Waals surface area contributed by atoms with E-state index >= 15 is 0 Å². The Labute approximate surface area is 97.4 Å². The van der Waals surface area contributed by atoms with Crippen molar-refractivity contribution in [3.05, 3.63) is 29.0 Å². The van der Waals surface area contributed by atoms with Gasteiger partial charge in [0.2, 0.25) is 5.91 Å². The Bertz CT molecular complexity index is 424. The van der Waals surface area contributed by atoms with E-state index in [0.717, 1.165) is 0 Å². The number of rotatable bonds is 1. The summed E-state index contributed by atoms with van der Waals surface area (Å²) >= 11 is 5.65. The van der Waals surface area contributed by atoms with Crippen molar-refractivity contribution in [3.63, 3.8) is 0 Å². The van der Waals surface area contributed by atoms with Crippen LogP contribution in [0.25, 0.3) is 0 Å². The maximum Gasteiger partial charge on any atom is 0.229 e. The fourth-order valence-corrected chi connectivity index (χ4v) is 1.92. The summed E-state index contributed by atoms with van der Waals surface area (Å²) in [7, 11) is 0. The molecule has 3 nitrogen and oxygen atoms in total. The van der Waals surface area contributed by atoms with Crippen molar-refractivity contribution < 1.29 is 14.3 Å². The minimum Gasteiger partial charge on any atom is -0.393 e. The summed E-state index contributed by atoms with van der Waals surface area (Å²) in [6.45, 7) is 0.433. The first-order valence-corrected chi connectivity index (χ1v) is 5.39. The summed E-state index contributed by atoms with van der Waals surface area (Å²) in [5.41, 5.74) is 0.573. The number of hydrogen-bond acceptors (Lipinski definition) is 2. The highest BCUT2D eigenvalue weighted by Gasteiger charge is 2.25. The van der Waals surface area contributed by atoms with Crippen LogP contribution in [0.1, 0.15) is 12.8 Å². The van der Waals surface area contributed by atoms with Crippen molar-refractivity contribution in [1.82, 2.24) is 0 Å². The van der Waals surface area contributed by atoms with Gasteiger partial charge in [-0.1, -0.05) is 11.6 Å². The predicted molar refractivity (Wildman–Crippen MR) is 59.0 cm³/mol. The van der Waals surface area contributed by atoms with Crippen molar-refractivity contribution in [2.24, 2.45) is 0 Å². The highest BCUT2D eigenvalue weighted by atomic mass is 35.5. The Kier molecular flexibility index (Phi) is 3.12. The Hall–Kier alpha value is -1.13. The number of aliphatic hydroxyl groups excluding tert-OH is 1. The molecule has 1 aliphatic heterocycles. The summed E-state index contributed by atoms with van der Waals surface area (Å²) in [6.07, 6.45) is 0.0649. The Morgan fingerprint density at radius 1 is 1.50 bits per heavy atom. The van der Waals surface area contributed by atoms with Crippen LogP contribution < -0.4 is 4.90 Å². The summed E-state index contributed by atoms with van der Waals surface area (Å²) in [5, 5.41) is 9.31. The molecule has 16 heavy (non-hydrogen) atoms. The molecular weight excluding hydrogens is 233 g/mol. The van der Waals surface area contributed by atoms with Crippen LogP contribution in [0.5, 0.6) is 0 Å². The molecule has 1 N–H and O–H groups in total. The maximum atomic E-state index is 12.9. The topological polar surface area (TPSA) is 40.5 Å². The number of piperidine rings is 1. The molecule has 1 heterocycles. The lowest BCUT2D eigenvalue weighted by Gasteiger charge is -2.29. The van der Waals surface area contributed by atoms with Gasteiger partial charge in [0.05, 0.1) is 17.5 Å². The van der Waals surface area contributed by atoms with E-state index in [4.69, 9.17) is 11.6 Å². The van der Waals surface area contributed by atoms with Crippen LogP contribution in [-0.4, -0.2) is 23.7 Å². The first kappa shape index (κ1) is 11.4. The summed E-state index contributed by atoms with van der Waals surface area (Å²) < 4.78 is 12.9. The third-order valence-electron chi connectivity index (χ3n) is 2.61. The van der Waals surface area contributed by atoms with Gasteiger partial charge in [-0.05, 0) is 24.6 Å². The summed E-state index contributed by atoms with van der Waals surface area (Å²) in [6, 6.07) is 4.17. The number of hydrogen-bond donors (Lipinski definition) is 1. The summed E-state index contributed by atoms with van der Waals surface area (Å²) in [4.78, 5) is 13.1. The lowest BCUT2D eigenvalue weighted by molar-refractivity contribution is -0.122. The van der Waals surface area contributed by atoms with Gasteiger partial charge in [-0.25, -0.2) is 4.39 Å². The van der Waals surface area contributed by atoms with E-state index in [2.05, 4.69) is 0 Å². The van der Waals surface area contributed by atoms with Crippen LogP contribution in [0.3, 0.4) is 0 Å². The maximum absolute atomic E-state index is 12.9. The largest absolute Gasteiger partial charge is 0.393 e. The van der Waals surface area contributed by atoms with E-state index in [0.29, 0.717) is 18.7 Å². The number of benzene rings is 1. The quantitative estimate of drug-likeness (QED) is 0.819. The Balaban J connectivity index is 2.24. The van der Waals surface area contributed by atoms with Crippen molar-refractivity contribution in [1.29, 1.82) is 0 Å². The molecule has 0 aromatic heterocycles. The molecule has 86 valence electrons. The number of nitrogens with zero attached hydrogens (tertiary/aromatic N) is 1. The molecule has 1 amide bonds. The third kappa shape index (κ3) is 2.18. The number of aliphatic hydroxyl groups is 1. The van der Waals surface area contributed by atoms with Crippen LogP contribution in [-0.2, 0) is 4.79 Å². The van der Waals surface area contributed by atoms with E-state index in [1.54, 1.807) is 0 Å². The first-order chi connectivity index (χ1) is 7.58. The van der Waals surface area contributed by atoms with Gasteiger partial charge in [-0.2, -0.15) is 0 Å². The second-order valence-corrected chi connectivity index (χ2v) is 4.20. The van der Waals surface area contributed by atoms with Gasteiger partial charge in [0, 0.05) is 12.2 Å². The van der Waals surface area contributed by atoms with Gasteiger partial charge in [0.25, 0.3) is 0 Å². The fraction of sp³-hybridized carbons (Fsp3) is 0.364. The monoisotopic (exact) mass is 243 g/mol. The zero-order valence-electron chi connectivity index (χ0n) is 8.49. The van der Waals surface area contributed by atoms with Gasteiger partial charge < -0.3 is 10.0 Å². The zero-order valence-corrected chi connectivity index (χ0v) is 9.25. The molecular formula is C11H11ClFNO2. The second-order valence-electron chi connectivity index (χ2n) is 3.79. The van der Waals surface area contributed by atoms with Gasteiger partial charge in [0.1, 0.15) is 5.82 Å². The second kappa shape index (κ2) is 4.39. The van der Waals surface area contributed by atoms with E-state index < -0.39 is 11.9 Å². The zero-order chi connectivity index (χ0) is 11.7. The molecule has 1 unspecified atom stereocenters. The lowest BCUT2D eigenvalue weighted by Crippen LogP contribution is -2.40. The summed E-state index contributed by atoms with van der Waals surface area (Å²) in [5.74, 6) is -0.670.